The molecule has 1 aliphatic heterocycles. The molecule has 1 fully saturated rings. The van der Waals surface area contributed by atoms with Crippen LogP contribution in [-0.4, -0.2) is 37.7 Å². The average Bonchev–Trinajstić information content (AvgIpc) is 2.76. The third-order valence-electron chi connectivity index (χ3n) is 2.92. The number of nitriles is 1. The molecule has 0 aromatic rings. The molecule has 0 spiro atoms. The van der Waals surface area contributed by atoms with Crippen molar-refractivity contribution in [3.05, 3.63) is 0 Å². The Morgan fingerprint density at radius 1 is 1.75 bits per heavy atom. The molecule has 0 aromatic carbocycles. The van der Waals surface area contributed by atoms with Crippen molar-refractivity contribution in [3.8, 4) is 6.07 Å². The fourth-order valence-corrected chi connectivity index (χ4v) is 1.79. The molecule has 1 amide bonds. The van der Waals surface area contributed by atoms with E-state index in [1.807, 2.05) is 6.92 Å². The lowest BCUT2D eigenvalue weighted by atomic mass is 10.1. The quantitative estimate of drug-likeness (QED) is 0.699. The van der Waals surface area contributed by atoms with Crippen LogP contribution in [0.4, 0.5) is 0 Å². The van der Waals surface area contributed by atoms with Gasteiger partial charge >= 0.3 is 0 Å². The van der Waals surface area contributed by atoms with Crippen LogP contribution in [0.1, 0.15) is 26.2 Å². The lowest BCUT2D eigenvalue weighted by molar-refractivity contribution is -0.123. The van der Waals surface area contributed by atoms with Crippen molar-refractivity contribution in [3.63, 3.8) is 0 Å². The third kappa shape index (κ3) is 3.47. The molecule has 0 radical (unpaired) electrons. The Labute approximate surface area is 96.2 Å². The van der Waals surface area contributed by atoms with Gasteiger partial charge in [-0.15, -0.1) is 0 Å². The predicted octanol–water partition coefficient (Wildman–Crippen LogP) is 0.172. The van der Waals surface area contributed by atoms with Gasteiger partial charge in [0.25, 0.3) is 0 Å². The molecular weight excluding hydrogens is 206 g/mol. The second-order valence-corrected chi connectivity index (χ2v) is 4.03. The van der Waals surface area contributed by atoms with E-state index >= 15 is 0 Å². The van der Waals surface area contributed by atoms with Gasteiger partial charge < -0.3 is 15.4 Å². The number of nitrogens with zero attached hydrogens (tertiary/aromatic N) is 1. The number of ether oxygens (including phenoxy) is 1. The third-order valence-corrected chi connectivity index (χ3v) is 2.92. The lowest BCUT2D eigenvalue weighted by Gasteiger charge is -2.17. The van der Waals surface area contributed by atoms with Gasteiger partial charge in [-0.1, -0.05) is 6.92 Å². The van der Waals surface area contributed by atoms with E-state index in [-0.39, 0.29) is 24.1 Å². The van der Waals surface area contributed by atoms with E-state index in [4.69, 9.17) is 10.00 Å². The number of hydrogen-bond acceptors (Lipinski definition) is 4. The van der Waals surface area contributed by atoms with Crippen LogP contribution in [0.3, 0.4) is 0 Å². The summed E-state index contributed by atoms with van der Waals surface area (Å²) in [6.07, 6.45) is 1.96. The van der Waals surface area contributed by atoms with E-state index in [1.54, 1.807) is 7.11 Å². The maximum Gasteiger partial charge on any atom is 0.237 e. The van der Waals surface area contributed by atoms with Crippen LogP contribution >= 0.6 is 0 Å². The van der Waals surface area contributed by atoms with Gasteiger partial charge in [0.2, 0.25) is 5.91 Å². The summed E-state index contributed by atoms with van der Waals surface area (Å²) in [6.45, 7) is 2.67. The Morgan fingerprint density at radius 3 is 3.00 bits per heavy atom. The first kappa shape index (κ1) is 12.9. The highest BCUT2D eigenvalue weighted by Gasteiger charge is 2.29. The number of rotatable bonds is 5. The van der Waals surface area contributed by atoms with Crippen molar-refractivity contribution >= 4 is 5.91 Å². The summed E-state index contributed by atoms with van der Waals surface area (Å²) in [5.41, 5.74) is 0. The van der Waals surface area contributed by atoms with Crippen LogP contribution in [-0.2, 0) is 9.53 Å². The molecule has 0 aromatic heterocycles. The van der Waals surface area contributed by atoms with Gasteiger partial charge in [0.15, 0.2) is 0 Å². The van der Waals surface area contributed by atoms with Gasteiger partial charge in [-0.25, -0.2) is 0 Å². The van der Waals surface area contributed by atoms with Crippen LogP contribution in [0.25, 0.3) is 0 Å². The molecule has 90 valence electrons. The molecule has 2 N–H and O–H groups in total. The normalized spacial score (nSPS) is 26.1. The first-order valence-electron chi connectivity index (χ1n) is 5.64. The minimum atomic E-state index is -0.183. The Hall–Kier alpha value is -1.12. The standard InChI is InChI=1S/C11H19N3O2/c1-3-8(4-5-12)14-11(15)10-6-9(16-2)7-13-10/h8-10,13H,3-4,6-7H2,1-2H3,(H,14,15). The van der Waals surface area contributed by atoms with Gasteiger partial charge in [0, 0.05) is 19.7 Å². The molecule has 3 atom stereocenters. The number of hydrogen-bond donors (Lipinski definition) is 2. The maximum atomic E-state index is 11.8. The highest BCUT2D eigenvalue weighted by atomic mass is 16.5. The van der Waals surface area contributed by atoms with Gasteiger partial charge in [-0.2, -0.15) is 5.26 Å². The number of carbonyl (C=O) groups excluding carboxylic acids is 1. The van der Waals surface area contributed by atoms with E-state index in [9.17, 15) is 4.79 Å². The summed E-state index contributed by atoms with van der Waals surface area (Å²) in [4.78, 5) is 11.8. The van der Waals surface area contributed by atoms with Crippen molar-refractivity contribution in [2.45, 2.75) is 44.4 Å². The molecule has 1 heterocycles. The molecule has 0 saturated carbocycles. The van der Waals surface area contributed by atoms with Crippen molar-refractivity contribution in [1.82, 2.24) is 10.6 Å². The Bertz CT molecular complexity index is 275. The van der Waals surface area contributed by atoms with Crippen LogP contribution in [0.15, 0.2) is 0 Å². The van der Waals surface area contributed by atoms with Crippen molar-refractivity contribution in [2.24, 2.45) is 0 Å². The van der Waals surface area contributed by atoms with E-state index in [2.05, 4.69) is 16.7 Å². The molecule has 5 nitrogen and oxygen atoms in total. The van der Waals surface area contributed by atoms with Gasteiger partial charge in [-0.05, 0) is 12.8 Å². The maximum absolute atomic E-state index is 11.8. The zero-order valence-corrected chi connectivity index (χ0v) is 9.82. The topological polar surface area (TPSA) is 74.2 Å². The predicted molar refractivity (Wildman–Crippen MR) is 59.7 cm³/mol. The van der Waals surface area contributed by atoms with Crippen LogP contribution < -0.4 is 10.6 Å². The lowest BCUT2D eigenvalue weighted by Crippen LogP contribution is -2.44. The van der Waals surface area contributed by atoms with E-state index in [1.165, 1.54) is 0 Å². The summed E-state index contributed by atoms with van der Waals surface area (Å²) in [7, 11) is 1.65. The molecule has 0 bridgehead atoms. The largest absolute Gasteiger partial charge is 0.380 e. The summed E-state index contributed by atoms with van der Waals surface area (Å²) in [5.74, 6) is -0.0262. The number of amides is 1. The minimum absolute atomic E-state index is 0.0262. The van der Waals surface area contributed by atoms with Crippen molar-refractivity contribution in [2.75, 3.05) is 13.7 Å². The molecule has 1 aliphatic rings. The highest BCUT2D eigenvalue weighted by Crippen LogP contribution is 2.10. The van der Waals surface area contributed by atoms with E-state index in [0.717, 1.165) is 6.42 Å². The Kier molecular flexibility index (Phi) is 5.23. The second kappa shape index (κ2) is 6.46. The minimum Gasteiger partial charge on any atom is -0.380 e. The molecule has 5 heteroatoms. The molecular formula is C11H19N3O2. The van der Waals surface area contributed by atoms with Gasteiger partial charge in [-0.3, -0.25) is 4.79 Å². The fraction of sp³-hybridized carbons (Fsp3) is 0.818. The SMILES string of the molecule is CCC(CC#N)NC(=O)C1CC(OC)CN1. The molecule has 3 unspecified atom stereocenters. The highest BCUT2D eigenvalue weighted by molar-refractivity contribution is 5.82. The average molecular weight is 225 g/mol. The number of methoxy groups -OCH3 is 1. The summed E-state index contributed by atoms with van der Waals surface area (Å²) < 4.78 is 5.18. The van der Waals surface area contributed by atoms with E-state index in [0.29, 0.717) is 19.4 Å². The van der Waals surface area contributed by atoms with Crippen LogP contribution in [0.2, 0.25) is 0 Å². The van der Waals surface area contributed by atoms with Crippen molar-refractivity contribution < 1.29 is 9.53 Å². The fourth-order valence-electron chi connectivity index (χ4n) is 1.79. The molecule has 16 heavy (non-hydrogen) atoms. The monoisotopic (exact) mass is 225 g/mol. The zero-order valence-electron chi connectivity index (χ0n) is 9.82. The first-order chi connectivity index (χ1) is 7.71. The number of nitrogens with one attached hydrogen (secondary N) is 2. The summed E-state index contributed by atoms with van der Waals surface area (Å²) >= 11 is 0. The van der Waals surface area contributed by atoms with Crippen LogP contribution in [0.5, 0.6) is 0 Å². The number of carbonyl (C=O) groups is 1. The summed E-state index contributed by atoms with van der Waals surface area (Å²) in [6, 6.07) is 1.85. The molecule has 0 aliphatic carbocycles. The Balaban J connectivity index is 2.38. The zero-order chi connectivity index (χ0) is 12.0. The van der Waals surface area contributed by atoms with Gasteiger partial charge in [0.1, 0.15) is 0 Å². The van der Waals surface area contributed by atoms with Crippen LogP contribution in [0, 0.1) is 11.3 Å². The van der Waals surface area contributed by atoms with Gasteiger partial charge in [0.05, 0.1) is 24.6 Å². The van der Waals surface area contributed by atoms with E-state index < -0.39 is 0 Å². The first-order valence-corrected chi connectivity index (χ1v) is 5.64. The smallest absolute Gasteiger partial charge is 0.237 e. The Morgan fingerprint density at radius 2 is 2.50 bits per heavy atom. The molecule has 1 rings (SSSR count). The summed E-state index contributed by atoms with van der Waals surface area (Å²) in [5, 5.41) is 14.6. The second-order valence-electron chi connectivity index (χ2n) is 4.03. The van der Waals surface area contributed by atoms with Crippen molar-refractivity contribution in [1.29, 1.82) is 5.26 Å². The molecule has 1 saturated heterocycles.